The van der Waals surface area contributed by atoms with Gasteiger partial charge in [-0.3, -0.25) is 4.79 Å². The Morgan fingerprint density at radius 2 is 1.85 bits per heavy atom. The van der Waals surface area contributed by atoms with Crippen LogP contribution in [0.5, 0.6) is 0 Å². The van der Waals surface area contributed by atoms with Crippen molar-refractivity contribution in [3.05, 3.63) is 34.9 Å². The number of carbonyl (C=O) groups is 1. The van der Waals surface area contributed by atoms with Crippen molar-refractivity contribution >= 4 is 29.9 Å². The smallest absolute Gasteiger partial charge is 0.227 e. The Kier molecular flexibility index (Phi) is 6.66. The predicted molar refractivity (Wildman–Crippen MR) is 108 cm³/mol. The minimum Gasteiger partial charge on any atom is -0.384 e. The molecule has 1 heterocycles. The first-order valence-electron chi connectivity index (χ1n) is 9.27. The third kappa shape index (κ3) is 3.89. The molecule has 1 saturated heterocycles. The Morgan fingerprint density at radius 3 is 2.42 bits per heavy atom. The zero-order valence-corrected chi connectivity index (χ0v) is 17.2. The highest BCUT2D eigenvalue weighted by Gasteiger charge is 2.50. The van der Waals surface area contributed by atoms with Crippen LogP contribution in [0.1, 0.15) is 51.5 Å². The van der Waals surface area contributed by atoms with Gasteiger partial charge in [0.25, 0.3) is 0 Å². The molecule has 1 aromatic carbocycles. The van der Waals surface area contributed by atoms with Gasteiger partial charge in [-0.2, -0.15) is 0 Å². The first-order chi connectivity index (χ1) is 11.7. The van der Waals surface area contributed by atoms with Crippen LogP contribution >= 0.6 is 24.0 Å². The summed E-state index contributed by atoms with van der Waals surface area (Å²) in [5.41, 5.74) is 5.65. The van der Waals surface area contributed by atoms with Gasteiger partial charge < -0.3 is 15.7 Å². The SMILES string of the molecule is CC1(C)CN(C(=O)[C@H]2CCCC[C@H]2N)CC[C@]1(O)c1ccc(Cl)cc1.Cl. The van der Waals surface area contributed by atoms with Crippen molar-refractivity contribution in [2.24, 2.45) is 17.1 Å². The number of amides is 1. The van der Waals surface area contributed by atoms with Gasteiger partial charge in [0.15, 0.2) is 0 Å². The number of aliphatic hydroxyl groups is 1. The lowest BCUT2D eigenvalue weighted by Gasteiger charge is -2.51. The molecule has 0 radical (unpaired) electrons. The zero-order valence-electron chi connectivity index (χ0n) is 15.6. The van der Waals surface area contributed by atoms with E-state index < -0.39 is 11.0 Å². The number of hydrogen-bond donors (Lipinski definition) is 2. The second-order valence-corrected chi connectivity index (χ2v) is 8.75. The van der Waals surface area contributed by atoms with Crippen molar-refractivity contribution in [2.75, 3.05) is 13.1 Å². The molecule has 0 bridgehead atoms. The minimum atomic E-state index is -0.969. The van der Waals surface area contributed by atoms with Crippen LogP contribution in [-0.2, 0) is 10.4 Å². The first kappa shape index (κ1) is 21.5. The van der Waals surface area contributed by atoms with Gasteiger partial charge in [-0.25, -0.2) is 0 Å². The van der Waals surface area contributed by atoms with E-state index in [9.17, 15) is 9.90 Å². The third-order valence-electron chi connectivity index (χ3n) is 6.22. The Bertz CT molecular complexity index is 635. The van der Waals surface area contributed by atoms with Gasteiger partial charge in [0, 0.05) is 29.6 Å². The van der Waals surface area contributed by atoms with Crippen LogP contribution in [0.15, 0.2) is 24.3 Å². The number of nitrogens with zero attached hydrogens (tertiary/aromatic N) is 1. The van der Waals surface area contributed by atoms with Crippen molar-refractivity contribution in [3.8, 4) is 0 Å². The van der Waals surface area contributed by atoms with Crippen molar-refractivity contribution in [3.63, 3.8) is 0 Å². The fourth-order valence-corrected chi connectivity index (χ4v) is 4.60. The molecule has 1 aromatic rings. The number of benzene rings is 1. The summed E-state index contributed by atoms with van der Waals surface area (Å²) >= 11 is 5.99. The topological polar surface area (TPSA) is 66.6 Å². The van der Waals surface area contributed by atoms with E-state index in [-0.39, 0.29) is 30.3 Å². The highest BCUT2D eigenvalue weighted by Crippen LogP contribution is 2.46. The zero-order chi connectivity index (χ0) is 18.2. The van der Waals surface area contributed by atoms with E-state index in [1.165, 1.54) is 0 Å². The Balaban J connectivity index is 0.00000243. The second kappa shape index (κ2) is 8.05. The third-order valence-corrected chi connectivity index (χ3v) is 6.47. The largest absolute Gasteiger partial charge is 0.384 e. The summed E-state index contributed by atoms with van der Waals surface area (Å²) in [7, 11) is 0. The van der Waals surface area contributed by atoms with Crippen molar-refractivity contribution in [2.45, 2.75) is 57.6 Å². The normalized spacial score (nSPS) is 31.2. The molecule has 1 aliphatic carbocycles. The van der Waals surface area contributed by atoms with E-state index in [1.54, 1.807) is 0 Å². The molecule has 26 heavy (non-hydrogen) atoms. The fraction of sp³-hybridized carbons (Fsp3) is 0.650. The van der Waals surface area contributed by atoms with E-state index in [1.807, 2.05) is 43.0 Å². The summed E-state index contributed by atoms with van der Waals surface area (Å²) in [6.45, 7) is 5.16. The Labute approximate surface area is 167 Å². The molecule has 146 valence electrons. The van der Waals surface area contributed by atoms with E-state index in [0.29, 0.717) is 24.5 Å². The average molecular weight is 401 g/mol. The van der Waals surface area contributed by atoms with Gasteiger partial charge in [-0.15, -0.1) is 12.4 Å². The number of rotatable bonds is 2. The van der Waals surface area contributed by atoms with Crippen LogP contribution < -0.4 is 5.73 Å². The van der Waals surface area contributed by atoms with Crippen LogP contribution in [0.25, 0.3) is 0 Å². The van der Waals surface area contributed by atoms with E-state index in [4.69, 9.17) is 17.3 Å². The van der Waals surface area contributed by atoms with Gasteiger partial charge in [0.1, 0.15) is 0 Å². The van der Waals surface area contributed by atoms with Crippen LogP contribution in [0.2, 0.25) is 5.02 Å². The Hall–Kier alpha value is -0.810. The monoisotopic (exact) mass is 400 g/mol. The predicted octanol–water partition coefficient (Wildman–Crippen LogP) is 3.73. The lowest BCUT2D eigenvalue weighted by molar-refractivity contribution is -0.157. The van der Waals surface area contributed by atoms with E-state index in [0.717, 1.165) is 31.2 Å². The van der Waals surface area contributed by atoms with Crippen molar-refractivity contribution in [1.29, 1.82) is 0 Å². The lowest BCUT2D eigenvalue weighted by Crippen LogP contribution is -2.58. The van der Waals surface area contributed by atoms with Crippen LogP contribution in [0, 0.1) is 11.3 Å². The van der Waals surface area contributed by atoms with Gasteiger partial charge in [0.2, 0.25) is 5.91 Å². The summed E-state index contributed by atoms with van der Waals surface area (Å²) < 4.78 is 0. The van der Waals surface area contributed by atoms with E-state index >= 15 is 0 Å². The number of piperidine rings is 1. The van der Waals surface area contributed by atoms with Gasteiger partial charge in [-0.05, 0) is 37.0 Å². The number of nitrogens with two attached hydrogens (primary N) is 1. The Morgan fingerprint density at radius 1 is 1.23 bits per heavy atom. The summed E-state index contributed by atoms with van der Waals surface area (Å²) in [6.07, 6.45) is 4.54. The standard InChI is InChI=1S/C20H29ClN2O2.ClH/c1-19(2)13-23(18(24)16-5-3-4-6-17(16)22)12-11-20(19,25)14-7-9-15(21)10-8-14;/h7-10,16-17,25H,3-6,11-13,22H2,1-2H3;1H/t16-,17+,20-;/m0./s1. The summed E-state index contributed by atoms with van der Waals surface area (Å²) in [6, 6.07) is 7.37. The summed E-state index contributed by atoms with van der Waals surface area (Å²) in [4.78, 5) is 14.9. The molecule has 0 unspecified atom stereocenters. The molecule has 1 aliphatic heterocycles. The molecule has 1 amide bonds. The molecule has 2 aliphatic rings. The molecule has 3 N–H and O–H groups in total. The molecule has 0 aromatic heterocycles. The molecular formula is C20H30Cl2N2O2. The van der Waals surface area contributed by atoms with Crippen LogP contribution in [0.4, 0.5) is 0 Å². The average Bonchev–Trinajstić information content (AvgIpc) is 2.57. The van der Waals surface area contributed by atoms with Crippen LogP contribution in [0.3, 0.4) is 0 Å². The quantitative estimate of drug-likeness (QED) is 0.794. The molecule has 2 fully saturated rings. The lowest BCUT2D eigenvalue weighted by atomic mass is 9.66. The molecule has 4 nitrogen and oxygen atoms in total. The highest BCUT2D eigenvalue weighted by molar-refractivity contribution is 6.30. The maximum atomic E-state index is 13.0. The number of hydrogen-bond acceptors (Lipinski definition) is 3. The van der Waals surface area contributed by atoms with Gasteiger partial charge in [-0.1, -0.05) is 50.4 Å². The van der Waals surface area contributed by atoms with E-state index in [2.05, 4.69) is 0 Å². The van der Waals surface area contributed by atoms with Crippen molar-refractivity contribution in [1.82, 2.24) is 4.90 Å². The van der Waals surface area contributed by atoms with Crippen LogP contribution in [-0.4, -0.2) is 35.0 Å². The summed E-state index contributed by atoms with van der Waals surface area (Å²) in [5, 5.41) is 12.1. The molecule has 6 heteroatoms. The number of carbonyl (C=O) groups excluding carboxylic acids is 1. The maximum Gasteiger partial charge on any atom is 0.227 e. The highest BCUT2D eigenvalue weighted by atomic mass is 35.5. The number of halogens is 2. The first-order valence-corrected chi connectivity index (χ1v) is 9.65. The molecule has 3 rings (SSSR count). The molecule has 0 spiro atoms. The fourth-order valence-electron chi connectivity index (χ4n) is 4.47. The van der Waals surface area contributed by atoms with Gasteiger partial charge in [0.05, 0.1) is 11.5 Å². The second-order valence-electron chi connectivity index (χ2n) is 8.32. The molecule has 1 saturated carbocycles. The molecule has 3 atom stereocenters. The van der Waals surface area contributed by atoms with Gasteiger partial charge >= 0.3 is 0 Å². The van der Waals surface area contributed by atoms with Crippen molar-refractivity contribution < 1.29 is 9.90 Å². The molecular weight excluding hydrogens is 371 g/mol. The maximum absolute atomic E-state index is 13.0. The summed E-state index contributed by atoms with van der Waals surface area (Å²) in [5.74, 6) is 0.102. The minimum absolute atomic E-state index is 0. The number of likely N-dealkylation sites (tertiary alicyclic amines) is 1.